The van der Waals surface area contributed by atoms with Crippen LogP contribution >= 0.6 is 15.9 Å². The summed E-state index contributed by atoms with van der Waals surface area (Å²) in [6.07, 6.45) is 0. The van der Waals surface area contributed by atoms with E-state index in [0.29, 0.717) is 11.4 Å². The molecule has 0 unspecified atom stereocenters. The fourth-order valence-corrected chi connectivity index (χ4v) is 3.63. The summed E-state index contributed by atoms with van der Waals surface area (Å²) >= 11 is 3.38. The summed E-state index contributed by atoms with van der Waals surface area (Å²) < 4.78 is 32.1. The van der Waals surface area contributed by atoms with E-state index in [0.717, 1.165) is 14.3 Å². The number of sulfonamides is 1. The molecular formula is C19H23BrN2O4S. The third-order valence-electron chi connectivity index (χ3n) is 4.33. The molecule has 0 spiro atoms. The van der Waals surface area contributed by atoms with Crippen LogP contribution in [0, 0.1) is 0 Å². The second-order valence-electron chi connectivity index (χ2n) is 6.74. The molecular weight excluding hydrogens is 432 g/mol. The Morgan fingerprint density at radius 2 is 1.70 bits per heavy atom. The molecule has 1 amide bonds. The smallest absolute Gasteiger partial charge is 0.242 e. The number of nitrogens with zero attached hydrogens (tertiary/aromatic N) is 1. The second-order valence-corrected chi connectivity index (χ2v) is 9.80. The largest absolute Gasteiger partial charge is 0.495 e. The van der Waals surface area contributed by atoms with Crippen LogP contribution in [0.1, 0.15) is 19.4 Å². The van der Waals surface area contributed by atoms with E-state index in [2.05, 4.69) is 21.2 Å². The first-order valence-corrected chi connectivity index (χ1v) is 10.4. The van der Waals surface area contributed by atoms with Gasteiger partial charge in [0.25, 0.3) is 0 Å². The molecule has 0 atom stereocenters. The molecule has 27 heavy (non-hydrogen) atoms. The minimum absolute atomic E-state index is 0.0741. The minimum Gasteiger partial charge on any atom is -0.495 e. The van der Waals surface area contributed by atoms with Crippen LogP contribution in [0.4, 0.5) is 5.69 Å². The minimum atomic E-state index is -3.63. The topological polar surface area (TPSA) is 75.7 Å². The number of carbonyl (C=O) groups excluding carboxylic acids is 1. The van der Waals surface area contributed by atoms with Crippen LogP contribution in [0.5, 0.6) is 5.75 Å². The molecule has 0 aromatic heterocycles. The van der Waals surface area contributed by atoms with Crippen molar-refractivity contribution in [3.63, 3.8) is 0 Å². The zero-order valence-electron chi connectivity index (χ0n) is 15.9. The lowest BCUT2D eigenvalue weighted by Crippen LogP contribution is -2.35. The van der Waals surface area contributed by atoms with E-state index in [4.69, 9.17) is 4.74 Å². The van der Waals surface area contributed by atoms with E-state index >= 15 is 0 Å². The normalized spacial score (nSPS) is 12.1. The predicted molar refractivity (Wildman–Crippen MR) is 110 cm³/mol. The molecule has 2 rings (SSSR count). The number of hydrogen-bond donors (Lipinski definition) is 1. The Balaban J connectivity index is 2.40. The van der Waals surface area contributed by atoms with Crippen molar-refractivity contribution in [1.29, 1.82) is 0 Å². The van der Waals surface area contributed by atoms with Gasteiger partial charge in [0, 0.05) is 18.6 Å². The zero-order chi connectivity index (χ0) is 20.4. The van der Waals surface area contributed by atoms with Crippen molar-refractivity contribution in [1.82, 2.24) is 4.31 Å². The van der Waals surface area contributed by atoms with Crippen LogP contribution < -0.4 is 10.1 Å². The first-order valence-electron chi connectivity index (χ1n) is 8.18. The first kappa shape index (κ1) is 21.4. The van der Waals surface area contributed by atoms with Crippen molar-refractivity contribution in [2.75, 3.05) is 26.5 Å². The zero-order valence-corrected chi connectivity index (χ0v) is 18.3. The van der Waals surface area contributed by atoms with Crippen molar-refractivity contribution in [2.45, 2.75) is 24.2 Å². The molecule has 146 valence electrons. The van der Waals surface area contributed by atoms with Crippen LogP contribution in [-0.4, -0.2) is 39.8 Å². The number of halogens is 1. The number of rotatable bonds is 6. The predicted octanol–water partition coefficient (Wildman–Crippen LogP) is 3.62. The number of carbonyl (C=O) groups is 1. The summed E-state index contributed by atoms with van der Waals surface area (Å²) in [6.45, 7) is 3.61. The molecule has 0 bridgehead atoms. The van der Waals surface area contributed by atoms with Crippen LogP contribution in [-0.2, 0) is 20.2 Å². The van der Waals surface area contributed by atoms with Gasteiger partial charge in [-0.2, -0.15) is 0 Å². The molecule has 0 saturated carbocycles. The van der Waals surface area contributed by atoms with Gasteiger partial charge in [-0.1, -0.05) is 28.1 Å². The Bertz CT molecular complexity index is 939. The van der Waals surface area contributed by atoms with E-state index in [9.17, 15) is 13.2 Å². The van der Waals surface area contributed by atoms with E-state index < -0.39 is 15.4 Å². The maximum Gasteiger partial charge on any atom is 0.242 e. The van der Waals surface area contributed by atoms with Gasteiger partial charge in [0.2, 0.25) is 15.9 Å². The molecule has 0 radical (unpaired) electrons. The average Bonchev–Trinajstić information content (AvgIpc) is 2.61. The molecule has 0 saturated heterocycles. The Morgan fingerprint density at radius 1 is 1.11 bits per heavy atom. The summed E-state index contributed by atoms with van der Waals surface area (Å²) in [4.78, 5) is 13.0. The molecule has 2 aromatic rings. The molecule has 6 nitrogen and oxygen atoms in total. The number of amides is 1. The molecule has 2 aromatic carbocycles. The Hall–Kier alpha value is -1.90. The fraction of sp³-hybridized carbons (Fsp3) is 0.316. The maximum atomic E-state index is 12.9. The number of methoxy groups -OCH3 is 1. The van der Waals surface area contributed by atoms with Crippen LogP contribution in [0.25, 0.3) is 0 Å². The van der Waals surface area contributed by atoms with Gasteiger partial charge < -0.3 is 10.1 Å². The quantitative estimate of drug-likeness (QED) is 0.722. The number of benzene rings is 2. The Morgan fingerprint density at radius 3 is 2.22 bits per heavy atom. The fourth-order valence-electron chi connectivity index (χ4n) is 2.43. The van der Waals surface area contributed by atoms with Crippen LogP contribution in [0.3, 0.4) is 0 Å². The van der Waals surface area contributed by atoms with Crippen molar-refractivity contribution >= 4 is 37.5 Å². The molecule has 0 heterocycles. The maximum absolute atomic E-state index is 12.9. The SMILES string of the molecule is COc1ccc(S(=O)(=O)N(C)C)cc1NC(=O)C(C)(C)c1ccc(Br)cc1. The van der Waals surface area contributed by atoms with E-state index in [1.165, 1.54) is 39.4 Å². The summed E-state index contributed by atoms with van der Waals surface area (Å²) in [5.74, 6) is 0.107. The highest BCUT2D eigenvalue weighted by Crippen LogP contribution is 2.32. The van der Waals surface area contributed by atoms with Gasteiger partial charge >= 0.3 is 0 Å². The standard InChI is InChI=1S/C19H23BrN2O4S/c1-19(2,13-6-8-14(20)9-7-13)18(23)21-16-12-15(10-11-17(16)26-5)27(24,25)22(3)4/h6-12H,1-5H3,(H,21,23). The lowest BCUT2D eigenvalue weighted by molar-refractivity contribution is -0.120. The van der Waals surface area contributed by atoms with E-state index in [-0.39, 0.29) is 10.8 Å². The van der Waals surface area contributed by atoms with Gasteiger partial charge in [0.1, 0.15) is 5.75 Å². The summed E-state index contributed by atoms with van der Waals surface area (Å²) in [6, 6.07) is 11.9. The van der Waals surface area contributed by atoms with Crippen LogP contribution in [0.2, 0.25) is 0 Å². The molecule has 0 aliphatic heterocycles. The van der Waals surface area contributed by atoms with Crippen molar-refractivity contribution in [3.8, 4) is 5.75 Å². The monoisotopic (exact) mass is 454 g/mol. The third kappa shape index (κ3) is 4.51. The molecule has 1 N–H and O–H groups in total. The Kier molecular flexibility index (Phi) is 6.34. The average molecular weight is 455 g/mol. The van der Waals surface area contributed by atoms with Crippen molar-refractivity contribution < 1.29 is 17.9 Å². The van der Waals surface area contributed by atoms with Crippen LogP contribution in [0.15, 0.2) is 51.8 Å². The third-order valence-corrected chi connectivity index (χ3v) is 6.67. The highest BCUT2D eigenvalue weighted by Gasteiger charge is 2.31. The lowest BCUT2D eigenvalue weighted by Gasteiger charge is -2.25. The van der Waals surface area contributed by atoms with Gasteiger partial charge in [-0.25, -0.2) is 12.7 Å². The van der Waals surface area contributed by atoms with E-state index in [1.54, 1.807) is 13.8 Å². The summed E-state index contributed by atoms with van der Waals surface area (Å²) in [7, 11) is 0.738. The number of anilines is 1. The first-order chi connectivity index (χ1) is 12.5. The molecule has 0 aliphatic carbocycles. The van der Waals surface area contributed by atoms with Gasteiger partial charge in [-0.05, 0) is 49.7 Å². The number of ether oxygens (including phenoxy) is 1. The lowest BCUT2D eigenvalue weighted by atomic mass is 9.83. The second kappa shape index (κ2) is 8.00. The molecule has 0 fully saturated rings. The summed E-state index contributed by atoms with van der Waals surface area (Å²) in [5, 5.41) is 2.81. The van der Waals surface area contributed by atoms with E-state index in [1.807, 2.05) is 24.3 Å². The van der Waals surface area contributed by atoms with Crippen molar-refractivity contribution in [2.24, 2.45) is 0 Å². The number of hydrogen-bond acceptors (Lipinski definition) is 4. The van der Waals surface area contributed by atoms with Gasteiger partial charge in [0.05, 0.1) is 23.1 Å². The number of nitrogens with one attached hydrogen (secondary N) is 1. The molecule has 8 heteroatoms. The van der Waals surface area contributed by atoms with Gasteiger partial charge in [-0.3, -0.25) is 4.79 Å². The summed E-state index contributed by atoms with van der Waals surface area (Å²) in [5.41, 5.74) is 0.303. The van der Waals surface area contributed by atoms with Gasteiger partial charge in [0.15, 0.2) is 0 Å². The van der Waals surface area contributed by atoms with Gasteiger partial charge in [-0.15, -0.1) is 0 Å². The highest BCUT2D eigenvalue weighted by molar-refractivity contribution is 9.10. The van der Waals surface area contributed by atoms with Crippen molar-refractivity contribution in [3.05, 3.63) is 52.5 Å². The Labute approximate surface area is 168 Å². The highest BCUT2D eigenvalue weighted by atomic mass is 79.9. The molecule has 0 aliphatic rings.